The fourth-order valence-electron chi connectivity index (χ4n) is 2.95. The molecule has 1 aromatic rings. The minimum atomic E-state index is -3.24. The highest BCUT2D eigenvalue weighted by Gasteiger charge is 2.26. The molecule has 0 aromatic carbocycles. The van der Waals surface area contributed by atoms with Crippen molar-refractivity contribution >= 4 is 15.9 Å². The van der Waals surface area contributed by atoms with Gasteiger partial charge in [0.25, 0.3) is 0 Å². The topological polar surface area (TPSA) is 93.5 Å². The van der Waals surface area contributed by atoms with Crippen molar-refractivity contribution in [2.24, 2.45) is 0 Å². The third-order valence-electron chi connectivity index (χ3n) is 4.20. The molecule has 0 spiro atoms. The summed E-state index contributed by atoms with van der Waals surface area (Å²) in [5, 5.41) is 0. The van der Waals surface area contributed by atoms with Crippen molar-refractivity contribution in [2.75, 3.05) is 39.6 Å². The zero-order valence-corrected chi connectivity index (χ0v) is 15.1. The molecular formula is C15H26N4O4S. The molecule has 1 fully saturated rings. The molecule has 2 rings (SSSR count). The largest absolute Gasteiger partial charge is 0.383 e. The van der Waals surface area contributed by atoms with Crippen molar-refractivity contribution < 1.29 is 17.9 Å². The molecule has 1 amide bonds. The quantitative estimate of drug-likeness (QED) is 0.715. The molecule has 1 aromatic heterocycles. The maximum atomic E-state index is 12.1. The monoisotopic (exact) mass is 358 g/mol. The lowest BCUT2D eigenvalue weighted by Crippen LogP contribution is -2.39. The van der Waals surface area contributed by atoms with Crippen LogP contribution in [0.2, 0.25) is 0 Å². The summed E-state index contributed by atoms with van der Waals surface area (Å²) in [6.07, 6.45) is 6.79. The molecule has 0 atom stereocenters. The Labute approximate surface area is 143 Å². The summed E-state index contributed by atoms with van der Waals surface area (Å²) in [4.78, 5) is 18.4. The molecular weight excluding hydrogens is 332 g/mol. The van der Waals surface area contributed by atoms with E-state index in [0.29, 0.717) is 25.6 Å². The summed E-state index contributed by atoms with van der Waals surface area (Å²) >= 11 is 0. The van der Waals surface area contributed by atoms with Crippen LogP contribution < -0.4 is 4.72 Å². The second kappa shape index (κ2) is 8.59. The smallest absolute Gasteiger partial charge is 0.223 e. The van der Waals surface area contributed by atoms with Gasteiger partial charge in [-0.1, -0.05) is 0 Å². The molecule has 1 aliphatic heterocycles. The number of nitrogens with one attached hydrogen (secondary N) is 1. The number of sulfonamides is 1. The van der Waals surface area contributed by atoms with Crippen molar-refractivity contribution in [2.45, 2.75) is 31.7 Å². The van der Waals surface area contributed by atoms with Crippen LogP contribution in [0.15, 0.2) is 12.4 Å². The first-order valence-corrected chi connectivity index (χ1v) is 10.0. The first-order valence-electron chi connectivity index (χ1n) is 8.13. The average Bonchev–Trinajstić information content (AvgIpc) is 3.00. The standard InChI is InChI=1S/C15H26N4O4S/c1-23-12-11-19-10-7-16-15(19)13-4-8-18(9-5-13)14(20)3-6-17-24(2,21)22/h7,10,13,17H,3-6,8-9,11-12H2,1-2H3. The number of rotatable bonds is 8. The van der Waals surface area contributed by atoms with E-state index in [1.807, 2.05) is 11.1 Å². The highest BCUT2D eigenvalue weighted by molar-refractivity contribution is 7.88. The number of hydrogen-bond acceptors (Lipinski definition) is 5. The Balaban J connectivity index is 1.81. The van der Waals surface area contributed by atoms with Crippen molar-refractivity contribution in [3.05, 3.63) is 18.2 Å². The molecule has 0 unspecified atom stereocenters. The van der Waals surface area contributed by atoms with Crippen LogP contribution in [0.1, 0.15) is 31.0 Å². The van der Waals surface area contributed by atoms with Crippen LogP contribution in [-0.4, -0.2) is 68.4 Å². The van der Waals surface area contributed by atoms with Crippen LogP contribution in [-0.2, 0) is 26.1 Å². The minimum absolute atomic E-state index is 0.00711. The van der Waals surface area contributed by atoms with Crippen molar-refractivity contribution in [1.29, 1.82) is 0 Å². The van der Waals surface area contributed by atoms with Gasteiger partial charge < -0.3 is 14.2 Å². The molecule has 0 bridgehead atoms. The van der Waals surface area contributed by atoms with Crippen LogP contribution in [0.5, 0.6) is 0 Å². The van der Waals surface area contributed by atoms with Crippen LogP contribution in [0.3, 0.4) is 0 Å². The summed E-state index contributed by atoms with van der Waals surface area (Å²) < 4.78 is 31.6. The number of piperidine rings is 1. The number of amides is 1. The highest BCUT2D eigenvalue weighted by Crippen LogP contribution is 2.27. The van der Waals surface area contributed by atoms with E-state index in [2.05, 4.69) is 14.3 Å². The lowest BCUT2D eigenvalue weighted by molar-refractivity contribution is -0.132. The highest BCUT2D eigenvalue weighted by atomic mass is 32.2. The van der Waals surface area contributed by atoms with Crippen LogP contribution in [0, 0.1) is 0 Å². The molecule has 0 aliphatic carbocycles. The van der Waals surface area contributed by atoms with Gasteiger partial charge in [0.2, 0.25) is 15.9 Å². The maximum absolute atomic E-state index is 12.1. The number of aromatic nitrogens is 2. The number of carbonyl (C=O) groups is 1. The fraction of sp³-hybridized carbons (Fsp3) is 0.733. The van der Waals surface area contributed by atoms with E-state index in [0.717, 1.165) is 31.5 Å². The Morgan fingerprint density at radius 2 is 2.12 bits per heavy atom. The van der Waals surface area contributed by atoms with E-state index >= 15 is 0 Å². The van der Waals surface area contributed by atoms with Crippen molar-refractivity contribution in [1.82, 2.24) is 19.2 Å². The van der Waals surface area contributed by atoms with Crippen LogP contribution in [0.25, 0.3) is 0 Å². The SMILES string of the molecule is COCCn1ccnc1C1CCN(C(=O)CCNS(C)(=O)=O)CC1. The number of likely N-dealkylation sites (tertiary alicyclic amines) is 1. The van der Waals surface area contributed by atoms with E-state index in [9.17, 15) is 13.2 Å². The maximum Gasteiger partial charge on any atom is 0.223 e. The fourth-order valence-corrected chi connectivity index (χ4v) is 3.42. The Morgan fingerprint density at radius 1 is 1.42 bits per heavy atom. The Hall–Kier alpha value is -1.45. The van der Waals surface area contributed by atoms with Gasteiger partial charge in [0.1, 0.15) is 5.82 Å². The van der Waals surface area contributed by atoms with E-state index in [-0.39, 0.29) is 18.9 Å². The lowest BCUT2D eigenvalue weighted by Gasteiger charge is -2.32. The summed E-state index contributed by atoms with van der Waals surface area (Å²) in [6.45, 7) is 2.94. The predicted octanol–water partition coefficient (Wildman–Crippen LogP) is 0.175. The molecule has 8 nitrogen and oxygen atoms in total. The molecule has 1 saturated heterocycles. The Kier molecular flexibility index (Phi) is 6.76. The second-order valence-corrected chi connectivity index (χ2v) is 7.88. The van der Waals surface area contributed by atoms with Gasteiger partial charge in [0.15, 0.2) is 0 Å². The van der Waals surface area contributed by atoms with Gasteiger partial charge >= 0.3 is 0 Å². The van der Waals surface area contributed by atoms with E-state index in [4.69, 9.17) is 4.74 Å². The van der Waals surface area contributed by atoms with Gasteiger partial charge in [0.05, 0.1) is 12.9 Å². The number of imidazole rings is 1. The molecule has 0 saturated carbocycles. The summed E-state index contributed by atoms with van der Waals surface area (Å²) in [6, 6.07) is 0. The van der Waals surface area contributed by atoms with E-state index in [1.165, 1.54) is 0 Å². The van der Waals surface area contributed by atoms with Gasteiger partial charge in [-0.05, 0) is 12.8 Å². The van der Waals surface area contributed by atoms with Crippen LogP contribution in [0.4, 0.5) is 0 Å². The predicted molar refractivity (Wildman–Crippen MR) is 90.1 cm³/mol. The number of methoxy groups -OCH3 is 1. The molecule has 0 radical (unpaired) electrons. The molecule has 1 N–H and O–H groups in total. The molecule has 9 heteroatoms. The molecule has 136 valence electrons. The van der Waals surface area contributed by atoms with Gasteiger partial charge in [-0.25, -0.2) is 18.1 Å². The molecule has 1 aliphatic rings. The number of ether oxygens (including phenoxy) is 1. The van der Waals surface area contributed by atoms with Gasteiger partial charge in [-0.15, -0.1) is 0 Å². The minimum Gasteiger partial charge on any atom is -0.383 e. The number of carbonyl (C=O) groups excluding carboxylic acids is 1. The van der Waals surface area contributed by atoms with Crippen molar-refractivity contribution in [3.8, 4) is 0 Å². The average molecular weight is 358 g/mol. The molecule has 2 heterocycles. The first-order chi connectivity index (χ1) is 11.4. The van der Waals surface area contributed by atoms with Crippen molar-refractivity contribution in [3.63, 3.8) is 0 Å². The van der Waals surface area contributed by atoms with E-state index < -0.39 is 10.0 Å². The summed E-state index contributed by atoms with van der Waals surface area (Å²) in [5.41, 5.74) is 0. The van der Waals surface area contributed by atoms with E-state index in [1.54, 1.807) is 13.3 Å². The summed E-state index contributed by atoms with van der Waals surface area (Å²) in [7, 11) is -1.56. The van der Waals surface area contributed by atoms with Gasteiger partial charge in [-0.3, -0.25) is 4.79 Å². The zero-order chi connectivity index (χ0) is 17.6. The normalized spacial score (nSPS) is 16.5. The second-order valence-electron chi connectivity index (χ2n) is 6.04. The Bertz CT molecular complexity index is 636. The van der Waals surface area contributed by atoms with Gasteiger partial charge in [-0.2, -0.15) is 0 Å². The van der Waals surface area contributed by atoms with Gasteiger partial charge in [0, 0.05) is 58.0 Å². The Morgan fingerprint density at radius 3 is 2.75 bits per heavy atom. The molecule has 24 heavy (non-hydrogen) atoms. The zero-order valence-electron chi connectivity index (χ0n) is 14.3. The number of hydrogen-bond donors (Lipinski definition) is 1. The summed E-state index contributed by atoms with van der Waals surface area (Å²) in [5.74, 6) is 1.39. The number of nitrogens with zero attached hydrogens (tertiary/aromatic N) is 3. The third-order valence-corrected chi connectivity index (χ3v) is 4.93. The first kappa shape index (κ1) is 18.9. The van der Waals surface area contributed by atoms with Crippen LogP contribution >= 0.6 is 0 Å². The lowest BCUT2D eigenvalue weighted by atomic mass is 9.95. The third kappa shape index (κ3) is 5.57.